The Balaban J connectivity index is 2.90. The van der Waals surface area contributed by atoms with Gasteiger partial charge in [-0.2, -0.15) is 4.98 Å². The molecule has 0 bridgehead atoms. The van der Waals surface area contributed by atoms with Gasteiger partial charge in [0.2, 0.25) is 10.6 Å². The molecular formula is C11H9Cl5N4O4S2. The molecule has 1 unspecified atom stereocenters. The van der Waals surface area contributed by atoms with E-state index in [1.165, 1.54) is 6.92 Å². The average molecular weight is 503 g/mol. The SMILES string of the molecule is CCS(=O)(=O)C1=C(Cl)N(c2nc(Cl)nc(Cl)c2S(C)(=O)=O)C(Cl)=NC1Cl. The maximum Gasteiger partial charge on any atom is 0.225 e. The van der Waals surface area contributed by atoms with Gasteiger partial charge in [0, 0.05) is 6.26 Å². The Hall–Kier alpha value is -0.360. The van der Waals surface area contributed by atoms with Crippen LogP contribution in [0.3, 0.4) is 0 Å². The van der Waals surface area contributed by atoms with E-state index in [1.54, 1.807) is 0 Å². The van der Waals surface area contributed by atoms with E-state index in [2.05, 4.69) is 15.0 Å². The Bertz CT molecular complexity index is 1040. The number of rotatable bonds is 4. The van der Waals surface area contributed by atoms with Gasteiger partial charge in [0.05, 0.1) is 5.75 Å². The van der Waals surface area contributed by atoms with Gasteiger partial charge in [-0.05, 0) is 23.2 Å². The van der Waals surface area contributed by atoms with Crippen LogP contribution in [0.4, 0.5) is 5.82 Å². The zero-order valence-corrected chi connectivity index (χ0v) is 18.3. The second kappa shape index (κ2) is 7.57. The number of hydrogen-bond acceptors (Lipinski definition) is 8. The van der Waals surface area contributed by atoms with E-state index in [0.717, 1.165) is 11.2 Å². The van der Waals surface area contributed by atoms with Crippen molar-refractivity contribution >= 4 is 88.8 Å². The van der Waals surface area contributed by atoms with E-state index < -0.39 is 61.7 Å². The lowest BCUT2D eigenvalue weighted by Crippen LogP contribution is -2.35. The third kappa shape index (κ3) is 4.06. The van der Waals surface area contributed by atoms with Crippen molar-refractivity contribution < 1.29 is 16.8 Å². The van der Waals surface area contributed by atoms with Gasteiger partial charge < -0.3 is 0 Å². The van der Waals surface area contributed by atoms with Crippen LogP contribution in [0.1, 0.15) is 6.92 Å². The molecule has 0 saturated heterocycles. The summed E-state index contributed by atoms with van der Waals surface area (Å²) in [6, 6.07) is 0. The van der Waals surface area contributed by atoms with Crippen molar-refractivity contribution in [2.75, 3.05) is 16.9 Å². The summed E-state index contributed by atoms with van der Waals surface area (Å²) in [5.74, 6) is -0.781. The first-order valence-corrected chi connectivity index (χ1v) is 12.0. The number of alkyl halides is 1. The molecule has 0 aromatic carbocycles. The van der Waals surface area contributed by atoms with Gasteiger partial charge in [-0.1, -0.05) is 41.7 Å². The minimum absolute atomic E-state index is 0.326. The maximum atomic E-state index is 12.3. The summed E-state index contributed by atoms with van der Waals surface area (Å²) in [4.78, 5) is 10.9. The van der Waals surface area contributed by atoms with E-state index in [4.69, 9.17) is 58.0 Å². The van der Waals surface area contributed by atoms with Crippen LogP contribution < -0.4 is 4.90 Å². The van der Waals surface area contributed by atoms with Crippen molar-refractivity contribution in [2.24, 2.45) is 4.99 Å². The fraction of sp³-hybridized carbons (Fsp3) is 0.364. The van der Waals surface area contributed by atoms with Gasteiger partial charge in [-0.25, -0.2) is 26.8 Å². The zero-order chi connectivity index (χ0) is 20.0. The normalized spacial score (nSPS) is 19.0. The van der Waals surface area contributed by atoms with Crippen LogP contribution in [-0.2, 0) is 19.7 Å². The molecule has 1 aromatic heterocycles. The lowest BCUT2D eigenvalue weighted by atomic mass is 10.4. The van der Waals surface area contributed by atoms with Crippen LogP contribution >= 0.6 is 58.0 Å². The average Bonchev–Trinajstić information content (AvgIpc) is 2.43. The Morgan fingerprint density at radius 2 is 1.65 bits per heavy atom. The van der Waals surface area contributed by atoms with E-state index >= 15 is 0 Å². The summed E-state index contributed by atoms with van der Waals surface area (Å²) >= 11 is 29.8. The summed E-state index contributed by atoms with van der Waals surface area (Å²) in [6.45, 7) is 1.38. The van der Waals surface area contributed by atoms with Crippen LogP contribution in [0.25, 0.3) is 0 Å². The molecule has 26 heavy (non-hydrogen) atoms. The van der Waals surface area contributed by atoms with Crippen molar-refractivity contribution in [3.05, 3.63) is 20.5 Å². The molecule has 1 atom stereocenters. The van der Waals surface area contributed by atoms with Crippen LogP contribution in [-0.4, -0.2) is 49.6 Å². The quantitative estimate of drug-likeness (QED) is 0.269. The molecule has 2 heterocycles. The highest BCUT2D eigenvalue weighted by Crippen LogP contribution is 2.39. The Morgan fingerprint density at radius 3 is 2.15 bits per heavy atom. The fourth-order valence-electron chi connectivity index (χ4n) is 1.97. The van der Waals surface area contributed by atoms with E-state index in [9.17, 15) is 16.8 Å². The highest BCUT2D eigenvalue weighted by molar-refractivity contribution is 7.95. The first kappa shape index (κ1) is 21.9. The smallest absolute Gasteiger partial charge is 0.225 e. The molecule has 15 heteroatoms. The van der Waals surface area contributed by atoms with Crippen molar-refractivity contribution in [2.45, 2.75) is 17.3 Å². The molecule has 2 rings (SSSR count). The number of hydrogen-bond donors (Lipinski definition) is 0. The first-order chi connectivity index (χ1) is 11.8. The van der Waals surface area contributed by atoms with Crippen LogP contribution in [0.15, 0.2) is 19.9 Å². The third-order valence-electron chi connectivity index (χ3n) is 3.10. The van der Waals surface area contributed by atoms with Crippen LogP contribution in [0, 0.1) is 0 Å². The van der Waals surface area contributed by atoms with Gasteiger partial charge in [0.1, 0.15) is 15.0 Å². The molecular weight excluding hydrogens is 494 g/mol. The van der Waals surface area contributed by atoms with Gasteiger partial charge in [-0.15, -0.1) is 0 Å². The molecule has 0 fully saturated rings. The molecule has 0 spiro atoms. The topological polar surface area (TPSA) is 110 Å². The Kier molecular flexibility index (Phi) is 6.39. The monoisotopic (exact) mass is 500 g/mol. The van der Waals surface area contributed by atoms with Crippen LogP contribution in [0.2, 0.25) is 10.4 Å². The van der Waals surface area contributed by atoms with E-state index in [-0.39, 0.29) is 5.75 Å². The summed E-state index contributed by atoms with van der Waals surface area (Å²) in [5.41, 5.74) is -1.40. The first-order valence-electron chi connectivity index (χ1n) is 6.54. The van der Waals surface area contributed by atoms with Gasteiger partial charge in [0.25, 0.3) is 0 Å². The summed E-state index contributed by atoms with van der Waals surface area (Å²) in [5, 5.41) is -1.84. The lowest BCUT2D eigenvalue weighted by molar-refractivity contribution is 0.600. The largest absolute Gasteiger partial charge is 0.256 e. The standard InChI is InChI=1S/C11H9Cl5N4O4S2/c1-3-26(23,24)4-6(12)18-11(16)20(8(4)14)9-5(25(2,21)22)7(13)17-10(15)19-9/h6H,3H2,1-2H3. The predicted octanol–water partition coefficient (Wildman–Crippen LogP) is 3.01. The molecule has 0 aliphatic carbocycles. The molecule has 1 aromatic rings. The number of sulfone groups is 2. The molecule has 0 saturated carbocycles. The minimum Gasteiger partial charge on any atom is -0.256 e. The Morgan fingerprint density at radius 1 is 1.08 bits per heavy atom. The maximum absolute atomic E-state index is 12.3. The van der Waals surface area contributed by atoms with Crippen LogP contribution in [0.5, 0.6) is 0 Å². The fourth-order valence-corrected chi connectivity index (χ4v) is 6.22. The summed E-state index contributed by atoms with van der Waals surface area (Å²) in [6.07, 6.45) is 0.843. The van der Waals surface area contributed by atoms with Gasteiger partial charge in [-0.3, -0.25) is 4.90 Å². The number of amidine groups is 1. The molecule has 0 radical (unpaired) electrons. The molecule has 0 amide bonds. The van der Waals surface area contributed by atoms with Crippen molar-refractivity contribution in [1.82, 2.24) is 9.97 Å². The molecule has 144 valence electrons. The lowest BCUT2D eigenvalue weighted by Gasteiger charge is -2.29. The number of halogens is 5. The second-order valence-electron chi connectivity index (χ2n) is 4.84. The number of nitrogens with zero attached hydrogens (tertiary/aromatic N) is 4. The number of aliphatic imine (C=N–C) groups is 1. The number of anilines is 1. The minimum atomic E-state index is -3.98. The molecule has 1 aliphatic heterocycles. The summed E-state index contributed by atoms with van der Waals surface area (Å²) in [7, 11) is -7.89. The molecule has 0 N–H and O–H groups in total. The highest BCUT2D eigenvalue weighted by atomic mass is 35.5. The van der Waals surface area contributed by atoms with E-state index in [1.807, 2.05) is 0 Å². The zero-order valence-electron chi connectivity index (χ0n) is 12.9. The van der Waals surface area contributed by atoms with E-state index in [0.29, 0.717) is 0 Å². The molecule has 8 nitrogen and oxygen atoms in total. The number of aromatic nitrogens is 2. The molecule has 1 aliphatic rings. The second-order valence-corrected chi connectivity index (χ2v) is 10.8. The van der Waals surface area contributed by atoms with Gasteiger partial charge in [0.15, 0.2) is 36.1 Å². The van der Waals surface area contributed by atoms with Gasteiger partial charge >= 0.3 is 0 Å². The Labute approximate surface area is 174 Å². The van der Waals surface area contributed by atoms with Crippen molar-refractivity contribution in [1.29, 1.82) is 0 Å². The highest BCUT2D eigenvalue weighted by Gasteiger charge is 2.38. The summed E-state index contributed by atoms with van der Waals surface area (Å²) < 4.78 is 48.9. The predicted molar refractivity (Wildman–Crippen MR) is 103 cm³/mol. The third-order valence-corrected chi connectivity index (χ3v) is 7.81. The van der Waals surface area contributed by atoms with Crippen molar-refractivity contribution in [3.63, 3.8) is 0 Å². The van der Waals surface area contributed by atoms with Crippen molar-refractivity contribution in [3.8, 4) is 0 Å².